The minimum absolute atomic E-state index is 0.373. The third-order valence-corrected chi connectivity index (χ3v) is 10.1. The number of hydrogen-bond acceptors (Lipinski definition) is 5. The Balaban J connectivity index is 0.000000126. The van der Waals surface area contributed by atoms with Gasteiger partial charge < -0.3 is 13.7 Å². The smallest absolute Gasteiger partial charge is 0.140 e. The van der Waals surface area contributed by atoms with E-state index in [1.807, 2.05) is 76.5 Å². The van der Waals surface area contributed by atoms with E-state index in [4.69, 9.17) is 0 Å². The summed E-state index contributed by atoms with van der Waals surface area (Å²) in [6, 6.07) is 41.5. The van der Waals surface area contributed by atoms with Gasteiger partial charge in [-0.1, -0.05) is 53.7 Å². The van der Waals surface area contributed by atoms with Crippen LogP contribution < -0.4 is 0 Å². The van der Waals surface area contributed by atoms with Gasteiger partial charge in [0.2, 0.25) is 0 Å². The first-order valence-corrected chi connectivity index (χ1v) is 21.0. The van der Waals surface area contributed by atoms with Gasteiger partial charge in [-0.2, -0.15) is 5.10 Å². The van der Waals surface area contributed by atoms with E-state index in [2.05, 4.69) is 194 Å². The highest BCUT2D eigenvalue weighted by Gasteiger charge is 2.07. The zero-order valence-corrected chi connectivity index (χ0v) is 36.8. The van der Waals surface area contributed by atoms with Crippen LogP contribution in [0.25, 0.3) is 54.9 Å². The molecule has 0 aliphatic rings. The molecule has 0 N–H and O–H groups in total. The summed E-state index contributed by atoms with van der Waals surface area (Å²) >= 11 is 0. The quantitative estimate of drug-likeness (QED) is 0.173. The van der Waals surface area contributed by atoms with Crippen molar-refractivity contribution in [1.82, 2.24) is 48.4 Å². The fourth-order valence-electron chi connectivity index (χ4n) is 7.07. The molecule has 0 fully saturated rings. The van der Waals surface area contributed by atoms with E-state index in [9.17, 15) is 0 Å². The largest absolute Gasteiger partial charge is 0.345 e. The van der Waals surface area contributed by atoms with Gasteiger partial charge in [0, 0.05) is 77.5 Å². The monoisotopic (exact) mass is 801 g/mol. The summed E-state index contributed by atoms with van der Waals surface area (Å²) in [6.07, 6.45) is 11.9. The van der Waals surface area contributed by atoms with Crippen LogP contribution in [-0.2, 0) is 0 Å². The average Bonchev–Trinajstić information content (AvgIpc) is 4.10. The second kappa shape index (κ2) is 19.9. The molecule has 0 amide bonds. The maximum Gasteiger partial charge on any atom is 0.140 e. The van der Waals surface area contributed by atoms with Crippen LogP contribution in [0, 0.1) is 0 Å². The lowest BCUT2D eigenvalue weighted by Crippen LogP contribution is -2.02. The molecule has 0 aliphatic carbocycles. The second-order valence-electron chi connectivity index (χ2n) is 16.2. The number of benzene rings is 3. The molecule has 60 heavy (non-hydrogen) atoms. The molecule has 0 radical (unpaired) electrons. The molecule has 0 bridgehead atoms. The molecule has 10 nitrogen and oxygen atoms in total. The summed E-state index contributed by atoms with van der Waals surface area (Å²) in [5, 5.41) is 16.2. The minimum atomic E-state index is 0.373. The van der Waals surface area contributed by atoms with Crippen molar-refractivity contribution in [1.29, 1.82) is 0 Å². The Kier molecular flexibility index (Phi) is 14.3. The highest BCUT2D eigenvalue weighted by molar-refractivity contribution is 5.80. The Morgan fingerprint density at radius 2 is 0.900 bits per heavy atom. The van der Waals surface area contributed by atoms with Crippen molar-refractivity contribution in [3.8, 4) is 0 Å². The normalized spacial score (nSPS) is 11.2. The topological polar surface area (TPSA) is 89.1 Å². The predicted octanol–water partition coefficient (Wildman–Crippen LogP) is 13.1. The number of rotatable bonds is 5. The van der Waals surface area contributed by atoms with Gasteiger partial charge in [-0.15, -0.1) is 5.10 Å². The molecule has 3 aromatic carbocycles. The van der Waals surface area contributed by atoms with Gasteiger partial charge in [0.05, 0.1) is 28.3 Å². The molecule has 10 rings (SSSR count). The number of fused-ring (bicyclic) bond motifs is 5. The third kappa shape index (κ3) is 10.2. The molecule has 0 saturated carbocycles. The maximum absolute atomic E-state index is 4.33. The van der Waals surface area contributed by atoms with Crippen LogP contribution in [0.15, 0.2) is 152 Å². The first kappa shape index (κ1) is 43.0. The van der Waals surface area contributed by atoms with Gasteiger partial charge in [0.15, 0.2) is 0 Å². The third-order valence-electron chi connectivity index (χ3n) is 10.1. The van der Waals surface area contributed by atoms with Crippen LogP contribution in [0.1, 0.15) is 99.4 Å². The Hall–Kier alpha value is -6.55. The molecule has 0 aliphatic heterocycles. The van der Waals surface area contributed by atoms with Crippen molar-refractivity contribution < 1.29 is 0 Å². The van der Waals surface area contributed by atoms with Gasteiger partial charge >= 0.3 is 0 Å². The van der Waals surface area contributed by atoms with Crippen LogP contribution >= 0.6 is 0 Å². The first-order chi connectivity index (χ1) is 28.9. The highest BCUT2D eigenvalue weighted by Crippen LogP contribution is 2.21. The maximum atomic E-state index is 4.33. The minimum Gasteiger partial charge on any atom is -0.345 e. The van der Waals surface area contributed by atoms with Crippen LogP contribution in [0.3, 0.4) is 0 Å². The van der Waals surface area contributed by atoms with E-state index < -0.39 is 0 Å². The van der Waals surface area contributed by atoms with E-state index in [1.165, 1.54) is 32.7 Å². The molecule has 10 aromatic rings. The highest BCUT2D eigenvalue weighted by atomic mass is 15.4. The molecule has 0 atom stereocenters. The van der Waals surface area contributed by atoms with Gasteiger partial charge in [-0.05, 0) is 141 Å². The molecule has 0 spiro atoms. The van der Waals surface area contributed by atoms with Crippen LogP contribution in [0.5, 0.6) is 0 Å². The summed E-state index contributed by atoms with van der Waals surface area (Å²) in [6.45, 7) is 21.5. The Labute approximate surface area is 354 Å². The standard InChI is InChI=1S/C11H13N.3C10H12N2.C9H11N3/c1-9(2)12-8-7-10-5-3-4-6-11(10)12;1-8(2)12-7-5-9-10(12)4-3-6-11-9;1-8(2)12-7-5-9-4-3-6-11-10(9)12;1-8(2)12-10-6-4-3-5-9(10)7-11-12;1-7(2)12-9-6-4-3-5-8(9)10-11-12/h3-9H,1-2H3;3*3-8H,1-2H3;3-7H,1-2H3. The van der Waals surface area contributed by atoms with Gasteiger partial charge in [-0.3, -0.25) is 9.67 Å². The van der Waals surface area contributed by atoms with Gasteiger partial charge in [-0.25, -0.2) is 9.67 Å². The summed E-state index contributed by atoms with van der Waals surface area (Å²) < 4.78 is 10.7. The van der Waals surface area contributed by atoms with E-state index in [0.29, 0.717) is 30.2 Å². The van der Waals surface area contributed by atoms with Gasteiger partial charge in [0.25, 0.3) is 0 Å². The van der Waals surface area contributed by atoms with E-state index in [0.717, 1.165) is 22.2 Å². The molecule has 7 aromatic heterocycles. The lowest BCUT2D eigenvalue weighted by Gasteiger charge is -2.08. The number of hydrogen-bond donors (Lipinski definition) is 0. The van der Waals surface area contributed by atoms with E-state index >= 15 is 0 Å². The molecule has 310 valence electrons. The lowest BCUT2D eigenvalue weighted by atomic mass is 10.2. The lowest BCUT2D eigenvalue weighted by molar-refractivity contribution is 0.530. The SMILES string of the molecule is CC(C)n1ccc2ccccc21.CC(C)n1ccc2cccnc21.CC(C)n1ccc2ncccc21.CC(C)n1ncc2ccccc21.CC(C)n1nnc2ccccc21. The van der Waals surface area contributed by atoms with E-state index in [1.54, 1.807) is 0 Å². The van der Waals surface area contributed by atoms with Crippen LogP contribution in [0.4, 0.5) is 0 Å². The molecular formula is C50H60N10. The predicted molar refractivity (Wildman–Crippen MR) is 251 cm³/mol. The summed E-state index contributed by atoms with van der Waals surface area (Å²) in [5.74, 6) is 0. The second-order valence-corrected chi connectivity index (χ2v) is 16.2. The number of nitrogens with zero attached hydrogens (tertiary/aromatic N) is 10. The fraction of sp³-hybridized carbons (Fsp3) is 0.300. The summed E-state index contributed by atoms with van der Waals surface area (Å²) in [5.41, 5.74) is 7.98. The zero-order valence-electron chi connectivity index (χ0n) is 36.8. The Bertz CT molecular complexity index is 2390. The van der Waals surface area contributed by atoms with E-state index in [-0.39, 0.29) is 0 Å². The molecule has 0 unspecified atom stereocenters. The van der Waals surface area contributed by atoms with Gasteiger partial charge in [0.1, 0.15) is 11.2 Å². The van der Waals surface area contributed by atoms with Crippen molar-refractivity contribution in [2.24, 2.45) is 0 Å². The summed E-state index contributed by atoms with van der Waals surface area (Å²) in [4.78, 5) is 8.59. The van der Waals surface area contributed by atoms with Crippen LogP contribution in [0.2, 0.25) is 0 Å². The molecule has 0 saturated heterocycles. The van der Waals surface area contributed by atoms with Crippen molar-refractivity contribution in [3.63, 3.8) is 0 Å². The average molecular weight is 801 g/mol. The Morgan fingerprint density at radius 3 is 1.60 bits per heavy atom. The number of aromatic nitrogens is 10. The zero-order chi connectivity index (χ0) is 42.8. The van der Waals surface area contributed by atoms with Crippen molar-refractivity contribution in [2.45, 2.75) is 99.4 Å². The Morgan fingerprint density at radius 1 is 0.383 bits per heavy atom. The molecular weight excluding hydrogens is 741 g/mol. The fourth-order valence-corrected chi connectivity index (χ4v) is 7.07. The molecule has 10 heteroatoms. The molecule has 7 heterocycles. The summed E-state index contributed by atoms with van der Waals surface area (Å²) in [7, 11) is 0. The number of pyridine rings is 2. The number of para-hydroxylation sites is 3. The van der Waals surface area contributed by atoms with Crippen molar-refractivity contribution in [2.75, 3.05) is 0 Å². The van der Waals surface area contributed by atoms with Crippen molar-refractivity contribution >= 4 is 54.9 Å². The van der Waals surface area contributed by atoms with Crippen molar-refractivity contribution in [3.05, 3.63) is 152 Å². The first-order valence-electron chi connectivity index (χ1n) is 21.0. The van der Waals surface area contributed by atoms with Crippen LogP contribution in [-0.4, -0.2) is 48.4 Å².